The van der Waals surface area contributed by atoms with Crippen molar-refractivity contribution in [3.05, 3.63) is 48.3 Å². The number of aromatic nitrogens is 2. The van der Waals surface area contributed by atoms with Gasteiger partial charge in [-0.3, -0.25) is 14.6 Å². The summed E-state index contributed by atoms with van der Waals surface area (Å²) in [5, 5.41) is 6.89. The first-order chi connectivity index (χ1) is 16.1. The number of piperazine rings is 1. The zero-order chi connectivity index (χ0) is 23.1. The predicted molar refractivity (Wildman–Crippen MR) is 123 cm³/mol. The van der Waals surface area contributed by atoms with Gasteiger partial charge in [0.25, 0.3) is 6.47 Å². The second kappa shape index (κ2) is 10.9. The van der Waals surface area contributed by atoms with Gasteiger partial charge in [-0.25, -0.2) is 14.4 Å². The van der Waals surface area contributed by atoms with Gasteiger partial charge in [0.15, 0.2) is 5.75 Å². The molecule has 178 valence electrons. The van der Waals surface area contributed by atoms with Gasteiger partial charge in [0.1, 0.15) is 13.3 Å². The Balaban J connectivity index is 0.000000821. The van der Waals surface area contributed by atoms with Gasteiger partial charge < -0.3 is 14.7 Å². The van der Waals surface area contributed by atoms with E-state index >= 15 is 0 Å². The lowest BCUT2D eigenvalue weighted by atomic mass is 9.60. The number of carbonyl (C=O) groups is 1. The normalized spacial score (nSPS) is 20.3. The van der Waals surface area contributed by atoms with Crippen LogP contribution in [0, 0.1) is 5.41 Å². The number of rotatable bonds is 7. The highest BCUT2D eigenvalue weighted by molar-refractivity contribution is 5.33. The monoisotopic (exact) mass is 457 g/mol. The average Bonchev–Trinajstić information content (AvgIpc) is 2.80. The third kappa shape index (κ3) is 5.78. The highest BCUT2D eigenvalue weighted by Crippen LogP contribution is 2.50. The Morgan fingerprint density at radius 1 is 1.09 bits per heavy atom. The molecule has 1 saturated carbocycles. The minimum absolute atomic E-state index is 0.0499. The molecule has 0 amide bonds. The molecule has 1 spiro atoms. The van der Waals surface area contributed by atoms with Crippen molar-refractivity contribution < 1.29 is 19.0 Å². The van der Waals surface area contributed by atoms with E-state index in [9.17, 15) is 4.39 Å². The lowest BCUT2D eigenvalue weighted by Gasteiger charge is -2.62. The van der Waals surface area contributed by atoms with Gasteiger partial charge in [-0.05, 0) is 23.8 Å². The third-order valence-electron chi connectivity index (χ3n) is 6.78. The Hall–Kier alpha value is -2.78. The number of nitrogens with zero attached hydrogens (tertiary/aromatic N) is 5. The summed E-state index contributed by atoms with van der Waals surface area (Å²) < 4.78 is 17.4. The minimum atomic E-state index is -0.503. The Morgan fingerprint density at radius 2 is 1.73 bits per heavy atom. The van der Waals surface area contributed by atoms with Crippen LogP contribution in [0.2, 0.25) is 0 Å². The fourth-order valence-corrected chi connectivity index (χ4v) is 5.30. The molecule has 1 aliphatic carbocycles. The molecule has 3 aliphatic rings. The number of benzene rings is 1. The molecule has 5 rings (SSSR count). The summed E-state index contributed by atoms with van der Waals surface area (Å²) in [6.45, 7) is 6.93. The smallest absolute Gasteiger partial charge is 0.290 e. The SMILES string of the molecule is FCCOc1cnc(N2CCN(C3CC4(C3)CN(Cc3ccccc3)C4)CC2)nc1.O=CO. The molecule has 3 heterocycles. The van der Waals surface area contributed by atoms with Crippen LogP contribution in [-0.4, -0.2) is 89.9 Å². The van der Waals surface area contributed by atoms with Crippen LogP contribution in [0.25, 0.3) is 0 Å². The molecular formula is C24H32FN5O3. The van der Waals surface area contributed by atoms with E-state index in [1.165, 1.54) is 31.5 Å². The fourth-order valence-electron chi connectivity index (χ4n) is 5.30. The standard InChI is InChI=1S/C23H30FN5O.CH2O2/c24-6-11-30-21-14-25-22(26-15-21)29-9-7-28(8-10-29)20-12-23(13-20)17-27(18-23)16-19-4-2-1-3-5-19;2-1-3/h1-5,14-15,20H,6-13,16-18H2;1H,(H,2,3). The Morgan fingerprint density at radius 3 is 2.33 bits per heavy atom. The van der Waals surface area contributed by atoms with Crippen molar-refractivity contribution in [2.24, 2.45) is 5.41 Å². The number of halogens is 1. The first kappa shape index (κ1) is 23.4. The van der Waals surface area contributed by atoms with Crippen LogP contribution in [-0.2, 0) is 11.3 Å². The molecule has 1 aromatic heterocycles. The number of ether oxygens (including phenoxy) is 1. The lowest BCUT2D eigenvalue weighted by Crippen LogP contribution is -2.67. The summed E-state index contributed by atoms with van der Waals surface area (Å²) in [7, 11) is 0. The van der Waals surface area contributed by atoms with E-state index in [1.807, 2.05) is 0 Å². The fraction of sp³-hybridized carbons (Fsp3) is 0.542. The molecule has 8 nitrogen and oxygen atoms in total. The summed E-state index contributed by atoms with van der Waals surface area (Å²) >= 11 is 0. The van der Waals surface area contributed by atoms with Crippen LogP contribution in [0.15, 0.2) is 42.7 Å². The number of carboxylic acid groups (broad SMARTS) is 1. The molecule has 3 fully saturated rings. The van der Waals surface area contributed by atoms with E-state index in [2.05, 4.69) is 55.0 Å². The molecule has 1 aromatic carbocycles. The number of alkyl halides is 1. The largest absolute Gasteiger partial charge is 0.488 e. The van der Waals surface area contributed by atoms with Gasteiger partial charge in [-0.2, -0.15) is 0 Å². The first-order valence-electron chi connectivity index (χ1n) is 11.5. The zero-order valence-electron chi connectivity index (χ0n) is 18.9. The maximum atomic E-state index is 12.2. The van der Waals surface area contributed by atoms with Gasteiger partial charge in [0, 0.05) is 51.9 Å². The molecule has 2 saturated heterocycles. The molecule has 33 heavy (non-hydrogen) atoms. The van der Waals surface area contributed by atoms with E-state index < -0.39 is 6.67 Å². The van der Waals surface area contributed by atoms with E-state index in [-0.39, 0.29) is 13.1 Å². The van der Waals surface area contributed by atoms with Gasteiger partial charge in [0.05, 0.1) is 12.4 Å². The van der Waals surface area contributed by atoms with E-state index in [4.69, 9.17) is 14.6 Å². The maximum Gasteiger partial charge on any atom is 0.290 e. The van der Waals surface area contributed by atoms with Gasteiger partial charge in [-0.15, -0.1) is 0 Å². The van der Waals surface area contributed by atoms with Gasteiger partial charge >= 0.3 is 0 Å². The van der Waals surface area contributed by atoms with Crippen molar-refractivity contribution in [2.75, 3.05) is 57.4 Å². The topological polar surface area (TPSA) is 82.0 Å². The number of likely N-dealkylation sites (tertiary alicyclic amines) is 1. The van der Waals surface area contributed by atoms with Crippen LogP contribution in [0.5, 0.6) is 5.75 Å². The molecule has 0 unspecified atom stereocenters. The Bertz CT molecular complexity index is 863. The summed E-state index contributed by atoms with van der Waals surface area (Å²) in [4.78, 5) is 24.6. The van der Waals surface area contributed by atoms with E-state index in [1.54, 1.807) is 12.4 Å². The summed E-state index contributed by atoms with van der Waals surface area (Å²) in [6, 6.07) is 11.5. The van der Waals surface area contributed by atoms with Crippen LogP contribution >= 0.6 is 0 Å². The van der Waals surface area contributed by atoms with Crippen LogP contribution < -0.4 is 9.64 Å². The summed E-state index contributed by atoms with van der Waals surface area (Å²) in [5.74, 6) is 1.26. The van der Waals surface area contributed by atoms with Crippen molar-refractivity contribution in [3.8, 4) is 5.75 Å². The van der Waals surface area contributed by atoms with Crippen molar-refractivity contribution in [2.45, 2.75) is 25.4 Å². The molecule has 0 radical (unpaired) electrons. The second-order valence-corrected chi connectivity index (χ2v) is 9.08. The first-order valence-corrected chi connectivity index (χ1v) is 11.5. The highest BCUT2D eigenvalue weighted by atomic mass is 19.1. The zero-order valence-corrected chi connectivity index (χ0v) is 18.9. The van der Waals surface area contributed by atoms with Crippen molar-refractivity contribution in [1.82, 2.24) is 19.8 Å². The minimum Gasteiger partial charge on any atom is -0.488 e. The molecule has 2 aromatic rings. The molecule has 1 N–H and O–H groups in total. The molecule has 0 atom stereocenters. The maximum absolute atomic E-state index is 12.2. The highest BCUT2D eigenvalue weighted by Gasteiger charge is 2.53. The number of anilines is 1. The van der Waals surface area contributed by atoms with Crippen LogP contribution in [0.3, 0.4) is 0 Å². The van der Waals surface area contributed by atoms with E-state index in [0.29, 0.717) is 11.2 Å². The number of hydrogen-bond acceptors (Lipinski definition) is 7. The van der Waals surface area contributed by atoms with Crippen molar-refractivity contribution in [1.29, 1.82) is 0 Å². The molecule has 9 heteroatoms. The molecular weight excluding hydrogens is 425 g/mol. The van der Waals surface area contributed by atoms with Crippen LogP contribution in [0.1, 0.15) is 18.4 Å². The molecule has 0 bridgehead atoms. The predicted octanol–water partition coefficient (Wildman–Crippen LogP) is 2.31. The second-order valence-electron chi connectivity index (χ2n) is 9.08. The third-order valence-corrected chi connectivity index (χ3v) is 6.78. The number of hydrogen-bond donors (Lipinski definition) is 1. The van der Waals surface area contributed by atoms with Gasteiger partial charge in [-0.1, -0.05) is 30.3 Å². The van der Waals surface area contributed by atoms with Gasteiger partial charge in [0.2, 0.25) is 5.95 Å². The molecule has 2 aliphatic heterocycles. The summed E-state index contributed by atoms with van der Waals surface area (Å²) in [5.41, 5.74) is 2.00. The Kier molecular flexibility index (Phi) is 7.72. The average molecular weight is 458 g/mol. The summed E-state index contributed by atoms with van der Waals surface area (Å²) in [6.07, 6.45) is 5.96. The lowest BCUT2D eigenvalue weighted by molar-refractivity contribution is -0.122. The van der Waals surface area contributed by atoms with E-state index in [0.717, 1.165) is 44.7 Å². The van der Waals surface area contributed by atoms with Crippen molar-refractivity contribution in [3.63, 3.8) is 0 Å². The van der Waals surface area contributed by atoms with Crippen molar-refractivity contribution >= 4 is 12.4 Å². The Labute approximate surface area is 194 Å². The quantitative estimate of drug-likeness (QED) is 0.635. The van der Waals surface area contributed by atoms with Crippen LogP contribution in [0.4, 0.5) is 10.3 Å².